The third-order valence-corrected chi connectivity index (χ3v) is 1.99. The lowest BCUT2D eigenvalue weighted by Gasteiger charge is -2.09. The number of alkyl halides is 3. The highest BCUT2D eigenvalue weighted by Gasteiger charge is 2.29. The average Bonchev–Trinajstić information content (AvgIpc) is 2.27. The minimum Gasteiger partial charge on any atom is -0.478 e. The van der Waals surface area contributed by atoms with E-state index in [2.05, 4.69) is 5.32 Å². The molecule has 0 saturated carbocycles. The lowest BCUT2D eigenvalue weighted by atomic mass is 10.2. The smallest absolute Gasteiger partial charge is 0.416 e. The Labute approximate surface area is 105 Å². The second-order valence-corrected chi connectivity index (χ2v) is 3.40. The Balaban J connectivity index is 2.94. The molecular formula is C11H8F3NO4. The van der Waals surface area contributed by atoms with Crippen LogP contribution >= 0.6 is 0 Å². The largest absolute Gasteiger partial charge is 0.478 e. The molecule has 0 bridgehead atoms. The third kappa shape index (κ3) is 4.34. The van der Waals surface area contributed by atoms with E-state index in [9.17, 15) is 22.8 Å². The molecule has 0 aliphatic carbocycles. The maximum absolute atomic E-state index is 12.3. The first kappa shape index (κ1) is 14.6. The minimum absolute atomic E-state index is 0.0305. The van der Waals surface area contributed by atoms with E-state index >= 15 is 0 Å². The zero-order chi connectivity index (χ0) is 14.6. The van der Waals surface area contributed by atoms with Gasteiger partial charge in [0.15, 0.2) is 0 Å². The number of anilines is 1. The lowest BCUT2D eigenvalue weighted by molar-refractivity contribution is -0.137. The maximum Gasteiger partial charge on any atom is 0.416 e. The van der Waals surface area contributed by atoms with Gasteiger partial charge in [0.25, 0.3) is 0 Å². The molecule has 5 nitrogen and oxygen atoms in total. The van der Waals surface area contributed by atoms with Crippen molar-refractivity contribution in [3.8, 4) is 0 Å². The standard InChI is InChI=1S/C11H8F3NO4/c12-11(13,14)6-1-3-7(4-2-6)15-8(10(18)19)5-9(16)17/h1-5,15H,(H,16,17)(H,18,19). The van der Waals surface area contributed by atoms with Crippen LogP contribution in [0.15, 0.2) is 36.0 Å². The molecule has 0 heterocycles. The second kappa shape index (κ2) is 5.42. The van der Waals surface area contributed by atoms with E-state index in [0.717, 1.165) is 24.3 Å². The number of nitrogens with one attached hydrogen (secondary N) is 1. The molecule has 0 amide bonds. The van der Waals surface area contributed by atoms with Gasteiger partial charge in [0.1, 0.15) is 5.70 Å². The SMILES string of the molecule is O=C(O)C=C(Nc1ccc(C(F)(F)F)cc1)C(=O)O. The highest BCUT2D eigenvalue weighted by atomic mass is 19.4. The Bertz CT molecular complexity index is 520. The van der Waals surface area contributed by atoms with Crippen LogP contribution in [0.1, 0.15) is 5.56 Å². The number of hydrogen-bond donors (Lipinski definition) is 3. The summed E-state index contributed by atoms with van der Waals surface area (Å²) in [4.78, 5) is 21.1. The quantitative estimate of drug-likeness (QED) is 0.733. The predicted octanol–water partition coefficient (Wildman–Crippen LogP) is 2.17. The first-order chi connectivity index (χ1) is 8.70. The molecule has 0 aromatic heterocycles. The van der Waals surface area contributed by atoms with Gasteiger partial charge >= 0.3 is 18.1 Å². The minimum atomic E-state index is -4.49. The number of aliphatic carboxylic acids is 2. The van der Waals surface area contributed by atoms with E-state index in [1.165, 1.54) is 0 Å². The van der Waals surface area contributed by atoms with E-state index in [0.29, 0.717) is 6.08 Å². The van der Waals surface area contributed by atoms with Gasteiger partial charge in [0, 0.05) is 5.69 Å². The van der Waals surface area contributed by atoms with Gasteiger partial charge in [-0.25, -0.2) is 9.59 Å². The van der Waals surface area contributed by atoms with Gasteiger partial charge in [0.05, 0.1) is 11.6 Å². The van der Waals surface area contributed by atoms with Crippen molar-refractivity contribution >= 4 is 17.6 Å². The molecule has 1 aromatic carbocycles. The van der Waals surface area contributed by atoms with Crippen LogP contribution in [-0.4, -0.2) is 22.2 Å². The fourth-order valence-corrected chi connectivity index (χ4v) is 1.17. The van der Waals surface area contributed by atoms with E-state index in [-0.39, 0.29) is 5.69 Å². The molecule has 0 radical (unpaired) electrons. The molecule has 0 saturated heterocycles. The number of carbonyl (C=O) groups is 2. The number of carboxylic acids is 2. The number of benzene rings is 1. The maximum atomic E-state index is 12.3. The molecule has 0 aliphatic heterocycles. The Kier molecular flexibility index (Phi) is 4.15. The molecular weight excluding hydrogens is 267 g/mol. The Hall–Kier alpha value is -2.51. The first-order valence-electron chi connectivity index (χ1n) is 4.82. The lowest BCUT2D eigenvalue weighted by Crippen LogP contribution is -2.13. The normalized spacial score (nSPS) is 12.1. The Morgan fingerprint density at radius 3 is 2.00 bits per heavy atom. The number of halogens is 3. The van der Waals surface area contributed by atoms with Crippen molar-refractivity contribution < 1.29 is 33.0 Å². The zero-order valence-corrected chi connectivity index (χ0v) is 9.23. The molecule has 102 valence electrons. The summed E-state index contributed by atoms with van der Waals surface area (Å²) in [5, 5.41) is 19.3. The molecule has 0 spiro atoms. The summed E-state index contributed by atoms with van der Waals surface area (Å²) in [6, 6.07) is 3.51. The topological polar surface area (TPSA) is 86.6 Å². The zero-order valence-electron chi connectivity index (χ0n) is 9.23. The van der Waals surface area contributed by atoms with Crippen molar-refractivity contribution in [3.05, 3.63) is 41.6 Å². The van der Waals surface area contributed by atoms with Gasteiger partial charge in [-0.05, 0) is 24.3 Å². The average molecular weight is 275 g/mol. The summed E-state index contributed by atoms with van der Waals surface area (Å²) in [5.41, 5.74) is -1.52. The van der Waals surface area contributed by atoms with E-state index in [4.69, 9.17) is 10.2 Å². The van der Waals surface area contributed by atoms with Crippen LogP contribution in [0.3, 0.4) is 0 Å². The van der Waals surface area contributed by atoms with E-state index < -0.39 is 29.4 Å². The molecule has 0 aliphatic rings. The van der Waals surface area contributed by atoms with Crippen molar-refractivity contribution in [2.45, 2.75) is 6.18 Å². The van der Waals surface area contributed by atoms with E-state index in [1.54, 1.807) is 0 Å². The van der Waals surface area contributed by atoms with Gasteiger partial charge in [-0.15, -0.1) is 0 Å². The predicted molar refractivity (Wildman–Crippen MR) is 58.4 cm³/mol. The summed E-state index contributed by atoms with van der Waals surface area (Å²) in [5.74, 6) is -3.03. The van der Waals surface area contributed by atoms with Crippen LogP contribution in [0.5, 0.6) is 0 Å². The van der Waals surface area contributed by atoms with Crippen molar-refractivity contribution in [3.63, 3.8) is 0 Å². The van der Waals surface area contributed by atoms with Crippen molar-refractivity contribution in [2.75, 3.05) is 5.32 Å². The van der Waals surface area contributed by atoms with Crippen LogP contribution in [0, 0.1) is 0 Å². The molecule has 3 N–H and O–H groups in total. The third-order valence-electron chi connectivity index (χ3n) is 1.99. The van der Waals surface area contributed by atoms with Gasteiger partial charge < -0.3 is 15.5 Å². The van der Waals surface area contributed by atoms with Gasteiger partial charge in [0.2, 0.25) is 0 Å². The second-order valence-electron chi connectivity index (χ2n) is 3.40. The molecule has 1 rings (SSSR count). The van der Waals surface area contributed by atoms with Crippen molar-refractivity contribution in [1.82, 2.24) is 0 Å². The van der Waals surface area contributed by atoms with Crippen LogP contribution in [-0.2, 0) is 15.8 Å². The van der Waals surface area contributed by atoms with Gasteiger partial charge in [-0.1, -0.05) is 0 Å². The van der Waals surface area contributed by atoms with Crippen LogP contribution < -0.4 is 5.32 Å². The summed E-state index contributed by atoms with van der Waals surface area (Å²) in [6.07, 6.45) is -4.09. The number of rotatable bonds is 4. The summed E-state index contributed by atoms with van der Waals surface area (Å²) in [6.45, 7) is 0. The Morgan fingerprint density at radius 1 is 1.11 bits per heavy atom. The fourth-order valence-electron chi connectivity index (χ4n) is 1.17. The monoisotopic (exact) mass is 275 g/mol. The van der Waals surface area contributed by atoms with E-state index in [1.807, 2.05) is 0 Å². The number of hydrogen-bond acceptors (Lipinski definition) is 3. The first-order valence-corrected chi connectivity index (χ1v) is 4.82. The van der Waals surface area contributed by atoms with Crippen LogP contribution in [0.25, 0.3) is 0 Å². The van der Waals surface area contributed by atoms with Crippen LogP contribution in [0.4, 0.5) is 18.9 Å². The van der Waals surface area contributed by atoms with Crippen molar-refractivity contribution in [2.24, 2.45) is 0 Å². The Morgan fingerprint density at radius 2 is 1.63 bits per heavy atom. The molecule has 19 heavy (non-hydrogen) atoms. The van der Waals surface area contributed by atoms with Gasteiger partial charge in [-0.3, -0.25) is 0 Å². The molecule has 0 fully saturated rings. The molecule has 8 heteroatoms. The fraction of sp³-hybridized carbons (Fsp3) is 0.0909. The molecule has 0 unspecified atom stereocenters. The number of carboxylic acid groups (broad SMARTS) is 2. The summed E-state index contributed by atoms with van der Waals surface area (Å²) >= 11 is 0. The van der Waals surface area contributed by atoms with Crippen molar-refractivity contribution in [1.29, 1.82) is 0 Å². The highest BCUT2D eigenvalue weighted by molar-refractivity contribution is 5.97. The van der Waals surface area contributed by atoms with Gasteiger partial charge in [-0.2, -0.15) is 13.2 Å². The highest BCUT2D eigenvalue weighted by Crippen LogP contribution is 2.29. The summed E-state index contributed by atoms with van der Waals surface area (Å²) < 4.78 is 36.8. The summed E-state index contributed by atoms with van der Waals surface area (Å²) in [7, 11) is 0. The molecule has 1 aromatic rings. The van der Waals surface area contributed by atoms with Crippen LogP contribution in [0.2, 0.25) is 0 Å². The molecule has 0 atom stereocenters.